The lowest BCUT2D eigenvalue weighted by Gasteiger charge is -2.27. The molecule has 2 rings (SSSR count). The molecule has 0 spiro atoms. The van der Waals surface area contributed by atoms with Crippen LogP contribution in [0.3, 0.4) is 0 Å². The Balaban J connectivity index is 1.63. The van der Waals surface area contributed by atoms with Gasteiger partial charge in [-0.25, -0.2) is 0 Å². The van der Waals surface area contributed by atoms with Gasteiger partial charge in [0.05, 0.1) is 6.61 Å². The van der Waals surface area contributed by atoms with Gasteiger partial charge in [0.15, 0.2) is 0 Å². The highest BCUT2D eigenvalue weighted by Gasteiger charge is 2.32. The van der Waals surface area contributed by atoms with Crippen molar-refractivity contribution in [3.05, 3.63) is 24.3 Å². The summed E-state index contributed by atoms with van der Waals surface area (Å²) in [6.07, 6.45) is 1.34. The van der Waals surface area contributed by atoms with Gasteiger partial charge in [-0.3, -0.25) is 0 Å². The van der Waals surface area contributed by atoms with Gasteiger partial charge in [0.25, 0.3) is 0 Å². The van der Waals surface area contributed by atoms with Crippen molar-refractivity contribution in [2.45, 2.75) is 45.4 Å². The Labute approximate surface area is 153 Å². The van der Waals surface area contributed by atoms with Crippen LogP contribution in [0.5, 0.6) is 5.75 Å². The van der Waals surface area contributed by atoms with Gasteiger partial charge in [0, 0.05) is 25.7 Å². The Morgan fingerprint density at radius 1 is 1.04 bits per heavy atom. The molecule has 1 aromatic rings. The zero-order chi connectivity index (χ0) is 18.8. The fourth-order valence-electron chi connectivity index (χ4n) is 2.72. The lowest BCUT2D eigenvalue weighted by Crippen LogP contribution is -2.45. The molecular weight excluding hydrogens is 348 g/mol. The predicted molar refractivity (Wildman–Crippen MR) is 93.5 cm³/mol. The molecule has 0 aliphatic carbocycles. The first-order valence-electron chi connectivity index (χ1n) is 9.14. The van der Waals surface area contributed by atoms with Crippen LogP contribution in [0.15, 0.2) is 24.3 Å². The molecule has 0 unspecified atom stereocenters. The molecule has 1 fully saturated rings. The predicted octanol–water partition coefficient (Wildman–Crippen LogP) is 3.93. The second kappa shape index (κ2) is 10.8. The van der Waals surface area contributed by atoms with E-state index in [1.165, 1.54) is 49.9 Å². The summed E-state index contributed by atoms with van der Waals surface area (Å²) in [6.45, 7) is 4.54. The van der Waals surface area contributed by atoms with Gasteiger partial charge in [0.2, 0.25) is 0 Å². The summed E-state index contributed by atoms with van der Waals surface area (Å²) in [5, 5.41) is 0. The van der Waals surface area contributed by atoms with E-state index in [1.54, 1.807) is 0 Å². The zero-order valence-electron chi connectivity index (χ0n) is 15.1. The molecule has 0 N–H and O–H groups in total. The van der Waals surface area contributed by atoms with Gasteiger partial charge in [-0.15, -0.1) is 13.2 Å². The van der Waals surface area contributed by atoms with E-state index < -0.39 is 13.5 Å². The fourth-order valence-corrected chi connectivity index (χ4v) is 2.72. The van der Waals surface area contributed by atoms with Crippen molar-refractivity contribution in [2.24, 2.45) is 5.92 Å². The molecule has 1 heterocycles. The van der Waals surface area contributed by atoms with Crippen molar-refractivity contribution in [1.29, 1.82) is 0 Å². The van der Waals surface area contributed by atoms with Crippen LogP contribution in [-0.4, -0.2) is 39.9 Å². The summed E-state index contributed by atoms with van der Waals surface area (Å²) < 4.78 is 57.3. The summed E-state index contributed by atoms with van der Waals surface area (Å²) in [5.41, 5.74) is 0.662. The van der Waals surface area contributed by atoms with Gasteiger partial charge in [0.1, 0.15) is 5.75 Å². The van der Waals surface area contributed by atoms with E-state index in [0.717, 1.165) is 13.0 Å². The molecule has 146 valence electrons. The zero-order valence-corrected chi connectivity index (χ0v) is 15.1. The fraction of sp³-hybridized carbons (Fsp3) is 0.667. The number of halogens is 3. The number of hydrogen-bond donors (Lipinski definition) is 0. The maximum atomic E-state index is 12.2. The van der Waals surface area contributed by atoms with Gasteiger partial charge in [-0.1, -0.05) is 44.7 Å². The van der Waals surface area contributed by atoms with Crippen LogP contribution in [0.25, 0.3) is 0 Å². The number of ether oxygens (including phenoxy) is 2. The van der Waals surface area contributed by atoms with Gasteiger partial charge in [-0.05, 0) is 24.0 Å². The molecule has 0 saturated carbocycles. The van der Waals surface area contributed by atoms with E-state index in [2.05, 4.69) is 11.7 Å². The van der Waals surface area contributed by atoms with Crippen LogP contribution in [0, 0.1) is 5.92 Å². The van der Waals surface area contributed by atoms with Crippen molar-refractivity contribution in [1.82, 2.24) is 0 Å². The minimum absolute atomic E-state index is 0.176. The molecule has 8 heteroatoms. The molecule has 1 aliphatic heterocycles. The molecule has 0 bridgehead atoms. The van der Waals surface area contributed by atoms with Crippen LogP contribution < -0.4 is 10.2 Å². The second-order valence-corrected chi connectivity index (χ2v) is 6.47. The minimum Gasteiger partial charge on any atom is -0.407 e. The standard InChI is InChI=1S/C18H26BF3O4/c1-2-3-4-5-6-11-23-12-15-13-24-19(25-14-15)16-7-9-17(10-8-16)26-18(20,21)22/h7-10,15H,2-6,11-14H2,1H3. The van der Waals surface area contributed by atoms with Crippen LogP contribution >= 0.6 is 0 Å². The first-order chi connectivity index (χ1) is 12.5. The van der Waals surface area contributed by atoms with Crippen LogP contribution in [0.1, 0.15) is 39.0 Å². The molecule has 0 aromatic heterocycles. The van der Waals surface area contributed by atoms with Crippen molar-refractivity contribution in [2.75, 3.05) is 26.4 Å². The summed E-state index contributed by atoms with van der Waals surface area (Å²) in [5.74, 6) is -0.0861. The highest BCUT2D eigenvalue weighted by molar-refractivity contribution is 6.61. The van der Waals surface area contributed by atoms with E-state index in [-0.39, 0.29) is 11.7 Å². The molecule has 1 aliphatic rings. The average Bonchev–Trinajstić information content (AvgIpc) is 2.61. The van der Waals surface area contributed by atoms with E-state index >= 15 is 0 Å². The van der Waals surface area contributed by atoms with E-state index in [4.69, 9.17) is 14.0 Å². The number of alkyl halides is 3. The van der Waals surface area contributed by atoms with Crippen LogP contribution in [-0.2, 0) is 14.0 Å². The smallest absolute Gasteiger partial charge is 0.407 e. The second-order valence-electron chi connectivity index (χ2n) is 6.47. The van der Waals surface area contributed by atoms with Gasteiger partial charge in [-0.2, -0.15) is 0 Å². The Morgan fingerprint density at radius 2 is 1.69 bits per heavy atom. The Morgan fingerprint density at radius 3 is 2.31 bits per heavy atom. The van der Waals surface area contributed by atoms with Crippen LogP contribution in [0.4, 0.5) is 13.2 Å². The first-order valence-corrected chi connectivity index (χ1v) is 9.14. The third-order valence-electron chi connectivity index (χ3n) is 4.10. The lowest BCUT2D eigenvalue weighted by atomic mass is 9.77. The highest BCUT2D eigenvalue weighted by Crippen LogP contribution is 2.21. The van der Waals surface area contributed by atoms with Gasteiger partial charge < -0.3 is 18.8 Å². The monoisotopic (exact) mass is 374 g/mol. The quantitative estimate of drug-likeness (QED) is 0.459. The van der Waals surface area contributed by atoms with Crippen molar-refractivity contribution < 1.29 is 32.0 Å². The van der Waals surface area contributed by atoms with E-state index in [1.807, 2.05) is 0 Å². The molecule has 0 atom stereocenters. The van der Waals surface area contributed by atoms with E-state index in [9.17, 15) is 13.2 Å². The SMILES string of the molecule is CCCCCCCOCC1COB(c2ccc(OC(F)(F)F)cc2)OC1. The average molecular weight is 374 g/mol. The molecule has 26 heavy (non-hydrogen) atoms. The summed E-state index contributed by atoms with van der Waals surface area (Å²) in [4.78, 5) is 0. The van der Waals surface area contributed by atoms with Crippen molar-refractivity contribution >= 4 is 12.6 Å². The maximum absolute atomic E-state index is 12.2. The molecule has 4 nitrogen and oxygen atoms in total. The summed E-state index contributed by atoms with van der Waals surface area (Å²) in [6, 6.07) is 5.53. The Bertz CT molecular complexity index is 502. The number of unbranched alkanes of at least 4 members (excludes halogenated alkanes) is 4. The number of benzene rings is 1. The molecule has 1 aromatic carbocycles. The van der Waals surface area contributed by atoms with Gasteiger partial charge >= 0.3 is 13.5 Å². The van der Waals surface area contributed by atoms with E-state index in [0.29, 0.717) is 25.3 Å². The summed E-state index contributed by atoms with van der Waals surface area (Å²) >= 11 is 0. The third kappa shape index (κ3) is 7.97. The maximum Gasteiger partial charge on any atom is 0.573 e. The Hall–Kier alpha value is -1.25. The molecular formula is C18H26BF3O4. The molecule has 1 saturated heterocycles. The number of rotatable bonds is 10. The summed E-state index contributed by atoms with van der Waals surface area (Å²) in [7, 11) is -0.569. The Kier molecular flexibility index (Phi) is 8.74. The molecule has 0 amide bonds. The third-order valence-corrected chi connectivity index (χ3v) is 4.10. The molecule has 0 radical (unpaired) electrons. The highest BCUT2D eigenvalue weighted by atomic mass is 19.4. The normalized spacial score (nSPS) is 16.1. The first kappa shape index (κ1) is 21.1. The largest absolute Gasteiger partial charge is 0.573 e. The van der Waals surface area contributed by atoms with Crippen molar-refractivity contribution in [3.63, 3.8) is 0 Å². The lowest BCUT2D eigenvalue weighted by molar-refractivity contribution is -0.274. The topological polar surface area (TPSA) is 36.9 Å². The minimum atomic E-state index is -4.69. The van der Waals surface area contributed by atoms with Crippen LogP contribution in [0.2, 0.25) is 0 Å². The van der Waals surface area contributed by atoms with Crippen molar-refractivity contribution in [3.8, 4) is 5.75 Å². The number of hydrogen-bond acceptors (Lipinski definition) is 4.